The summed E-state index contributed by atoms with van der Waals surface area (Å²) in [5, 5.41) is 0. The summed E-state index contributed by atoms with van der Waals surface area (Å²) < 4.78 is 2.05. The van der Waals surface area contributed by atoms with E-state index in [1.54, 1.807) is 11.8 Å². The van der Waals surface area contributed by atoms with Crippen LogP contribution in [0.1, 0.15) is 21.7 Å². The molecule has 0 unspecified atom stereocenters. The number of carbonyl (C=O) groups excluding carboxylic acids is 1. The van der Waals surface area contributed by atoms with E-state index in [1.807, 2.05) is 37.8 Å². The molecule has 0 saturated heterocycles. The Morgan fingerprint density at radius 1 is 1.54 bits per heavy atom. The second kappa shape index (κ2) is 4.01. The monoisotopic (exact) mass is 197 g/mol. The zero-order chi connectivity index (χ0) is 10.0. The first-order chi connectivity index (χ1) is 6.07. The average Bonchev–Trinajstić information content (AvgIpc) is 2.33. The maximum atomic E-state index is 11.6. The van der Waals surface area contributed by atoms with Crippen molar-refractivity contribution < 1.29 is 4.79 Å². The Balaban J connectivity index is 3.01. The molecule has 0 fully saturated rings. The number of aryl methyl sites for hydroxylation is 1. The lowest BCUT2D eigenvalue weighted by Gasteiger charge is -2.00. The third-order valence-corrected chi connectivity index (χ3v) is 2.90. The van der Waals surface area contributed by atoms with Gasteiger partial charge in [0.2, 0.25) is 0 Å². The molecule has 0 aliphatic rings. The van der Waals surface area contributed by atoms with E-state index in [0.29, 0.717) is 5.75 Å². The van der Waals surface area contributed by atoms with E-state index >= 15 is 0 Å². The van der Waals surface area contributed by atoms with Crippen LogP contribution in [0.25, 0.3) is 0 Å². The van der Waals surface area contributed by atoms with Gasteiger partial charge < -0.3 is 4.57 Å². The van der Waals surface area contributed by atoms with Gasteiger partial charge in [0.1, 0.15) is 0 Å². The quantitative estimate of drug-likeness (QED) is 0.693. The van der Waals surface area contributed by atoms with Crippen LogP contribution in [0.3, 0.4) is 0 Å². The molecule has 1 heterocycles. The van der Waals surface area contributed by atoms with Gasteiger partial charge in [0.15, 0.2) is 5.78 Å². The average molecular weight is 197 g/mol. The molecule has 13 heavy (non-hydrogen) atoms. The minimum Gasteiger partial charge on any atom is -0.351 e. The maximum absolute atomic E-state index is 11.6. The lowest BCUT2D eigenvalue weighted by molar-refractivity contribution is 0.102. The fourth-order valence-corrected chi connectivity index (χ4v) is 1.76. The molecule has 3 heteroatoms. The van der Waals surface area contributed by atoms with Gasteiger partial charge in [-0.05, 0) is 26.2 Å². The highest BCUT2D eigenvalue weighted by atomic mass is 32.2. The third kappa shape index (κ3) is 1.97. The summed E-state index contributed by atoms with van der Waals surface area (Å²) in [6.07, 6.45) is 1.95. The molecule has 1 aromatic rings. The van der Waals surface area contributed by atoms with Gasteiger partial charge in [-0.1, -0.05) is 0 Å². The Hall–Kier alpha value is -0.700. The normalized spacial score (nSPS) is 10.5. The lowest BCUT2D eigenvalue weighted by atomic mass is 10.2. The van der Waals surface area contributed by atoms with Gasteiger partial charge in [-0.15, -0.1) is 0 Å². The second-order valence-electron chi connectivity index (χ2n) is 3.20. The van der Waals surface area contributed by atoms with Crippen molar-refractivity contribution in [3.8, 4) is 0 Å². The van der Waals surface area contributed by atoms with Gasteiger partial charge in [-0.2, -0.15) is 11.8 Å². The third-order valence-electron chi connectivity index (χ3n) is 2.35. The van der Waals surface area contributed by atoms with E-state index in [0.717, 1.165) is 17.0 Å². The number of rotatable bonds is 3. The second-order valence-corrected chi connectivity index (χ2v) is 4.07. The first kappa shape index (κ1) is 10.4. The van der Waals surface area contributed by atoms with E-state index < -0.39 is 0 Å². The van der Waals surface area contributed by atoms with Crippen LogP contribution in [0.15, 0.2) is 6.07 Å². The number of nitrogens with zero attached hydrogens (tertiary/aromatic N) is 1. The van der Waals surface area contributed by atoms with Crippen molar-refractivity contribution >= 4 is 17.5 Å². The Morgan fingerprint density at radius 2 is 2.15 bits per heavy atom. The van der Waals surface area contributed by atoms with Gasteiger partial charge in [0, 0.05) is 24.0 Å². The molecule has 0 saturated carbocycles. The summed E-state index contributed by atoms with van der Waals surface area (Å²) in [5.41, 5.74) is 3.08. The van der Waals surface area contributed by atoms with Crippen molar-refractivity contribution in [2.45, 2.75) is 13.8 Å². The summed E-state index contributed by atoms with van der Waals surface area (Å²) in [6, 6.07) is 1.97. The molecule has 1 rings (SSSR count). The minimum atomic E-state index is 0.230. The Bertz CT molecular complexity index is 328. The van der Waals surface area contributed by atoms with Crippen LogP contribution >= 0.6 is 11.8 Å². The fraction of sp³-hybridized carbons (Fsp3) is 0.500. The first-order valence-electron chi connectivity index (χ1n) is 4.23. The van der Waals surface area contributed by atoms with Crippen LogP contribution in [0.2, 0.25) is 0 Å². The molecular formula is C10H15NOS. The number of Topliss-reactive ketones (excluding diaryl/α,β-unsaturated/α-hetero) is 1. The summed E-state index contributed by atoms with van der Waals surface area (Å²) in [6.45, 7) is 4.00. The van der Waals surface area contributed by atoms with Crippen molar-refractivity contribution in [1.29, 1.82) is 0 Å². The molecule has 1 aromatic heterocycles. The number of hydrogen-bond acceptors (Lipinski definition) is 2. The van der Waals surface area contributed by atoms with E-state index in [9.17, 15) is 4.79 Å². The minimum absolute atomic E-state index is 0.230. The molecule has 0 atom stereocenters. The Kier molecular flexibility index (Phi) is 3.20. The molecule has 0 radical (unpaired) electrons. The van der Waals surface area contributed by atoms with Gasteiger partial charge in [-0.3, -0.25) is 4.79 Å². The van der Waals surface area contributed by atoms with Crippen LogP contribution < -0.4 is 0 Å². The van der Waals surface area contributed by atoms with E-state index in [1.165, 1.54) is 0 Å². The largest absolute Gasteiger partial charge is 0.351 e. The van der Waals surface area contributed by atoms with Crippen molar-refractivity contribution in [2.24, 2.45) is 7.05 Å². The Labute approximate surface area is 83.3 Å². The predicted octanol–water partition coefficient (Wildman–Crippen LogP) is 2.19. The van der Waals surface area contributed by atoms with Gasteiger partial charge in [0.05, 0.1) is 5.75 Å². The molecule has 0 bridgehead atoms. The van der Waals surface area contributed by atoms with Crippen molar-refractivity contribution in [1.82, 2.24) is 4.57 Å². The van der Waals surface area contributed by atoms with Gasteiger partial charge in [-0.25, -0.2) is 0 Å². The van der Waals surface area contributed by atoms with Crippen LogP contribution in [-0.4, -0.2) is 22.4 Å². The molecule has 0 spiro atoms. The summed E-state index contributed by atoms with van der Waals surface area (Å²) in [7, 11) is 1.99. The van der Waals surface area contributed by atoms with E-state index in [4.69, 9.17) is 0 Å². The molecule has 0 aliphatic heterocycles. The van der Waals surface area contributed by atoms with Gasteiger partial charge >= 0.3 is 0 Å². The smallest absolute Gasteiger partial charge is 0.174 e. The van der Waals surface area contributed by atoms with Crippen LogP contribution in [0.4, 0.5) is 0 Å². The Morgan fingerprint density at radius 3 is 2.54 bits per heavy atom. The molecule has 0 aliphatic carbocycles. The standard InChI is InChI=1S/C10H15NOS/c1-7-5-9(8(2)11(7)3)10(12)6-13-4/h5H,6H2,1-4H3. The fourth-order valence-electron chi connectivity index (χ4n) is 1.35. The molecule has 0 N–H and O–H groups in total. The molecule has 72 valence electrons. The van der Waals surface area contributed by atoms with Crippen molar-refractivity contribution in [3.63, 3.8) is 0 Å². The summed E-state index contributed by atoms with van der Waals surface area (Å²) in [4.78, 5) is 11.6. The topological polar surface area (TPSA) is 22.0 Å². The number of hydrogen-bond donors (Lipinski definition) is 0. The number of carbonyl (C=O) groups is 1. The number of ketones is 1. The molecule has 0 amide bonds. The molecular weight excluding hydrogens is 182 g/mol. The van der Waals surface area contributed by atoms with Gasteiger partial charge in [0.25, 0.3) is 0 Å². The lowest BCUT2D eigenvalue weighted by Crippen LogP contribution is -2.03. The van der Waals surface area contributed by atoms with Crippen molar-refractivity contribution in [2.75, 3.05) is 12.0 Å². The highest BCUT2D eigenvalue weighted by Crippen LogP contribution is 2.15. The predicted molar refractivity (Wildman–Crippen MR) is 57.6 cm³/mol. The van der Waals surface area contributed by atoms with E-state index in [2.05, 4.69) is 0 Å². The van der Waals surface area contributed by atoms with Crippen LogP contribution in [0, 0.1) is 13.8 Å². The van der Waals surface area contributed by atoms with Crippen molar-refractivity contribution in [3.05, 3.63) is 23.0 Å². The number of aromatic nitrogens is 1. The zero-order valence-electron chi connectivity index (χ0n) is 8.55. The highest BCUT2D eigenvalue weighted by Gasteiger charge is 2.12. The highest BCUT2D eigenvalue weighted by molar-refractivity contribution is 7.99. The van der Waals surface area contributed by atoms with Crippen LogP contribution in [0.5, 0.6) is 0 Å². The summed E-state index contributed by atoms with van der Waals surface area (Å²) in [5.74, 6) is 0.804. The summed E-state index contributed by atoms with van der Waals surface area (Å²) >= 11 is 1.57. The molecule has 2 nitrogen and oxygen atoms in total. The SMILES string of the molecule is CSCC(=O)c1cc(C)n(C)c1C. The first-order valence-corrected chi connectivity index (χ1v) is 5.62. The number of thioether (sulfide) groups is 1. The zero-order valence-corrected chi connectivity index (χ0v) is 9.36. The van der Waals surface area contributed by atoms with Crippen LogP contribution in [-0.2, 0) is 7.05 Å². The molecule has 0 aromatic carbocycles. The van der Waals surface area contributed by atoms with E-state index in [-0.39, 0.29) is 5.78 Å². The maximum Gasteiger partial charge on any atom is 0.174 e.